The van der Waals surface area contributed by atoms with Crippen molar-refractivity contribution in [2.24, 2.45) is 5.92 Å². The number of methoxy groups -OCH3 is 1. The van der Waals surface area contributed by atoms with Gasteiger partial charge in [0.25, 0.3) is 0 Å². The molecule has 0 aliphatic rings. The number of carbonyl (C=O) groups is 2. The van der Waals surface area contributed by atoms with Crippen molar-refractivity contribution in [2.45, 2.75) is 84.5 Å². The summed E-state index contributed by atoms with van der Waals surface area (Å²) in [7, 11) is 1.37. The Morgan fingerprint density at radius 2 is 1.40 bits per heavy atom. The predicted octanol–water partition coefficient (Wildman–Crippen LogP) is 4.68. The van der Waals surface area contributed by atoms with Crippen LogP contribution in [0.1, 0.15) is 84.5 Å². The standard InChI is InChI=1S/C17H32O3/c1-4-6-8-10-12-14-16(18)15(17(19)20-3)13-11-9-7-5-2/h15H,4-14H2,1-3H3. The van der Waals surface area contributed by atoms with Crippen LogP contribution in [0.4, 0.5) is 0 Å². The third kappa shape index (κ3) is 9.11. The molecule has 0 aliphatic heterocycles. The SMILES string of the molecule is CCCCCCCC(=O)C(CCCCCC)C(=O)OC. The number of unbranched alkanes of at least 4 members (excludes halogenated alkanes) is 7. The number of ketones is 1. The molecule has 3 nitrogen and oxygen atoms in total. The Labute approximate surface area is 124 Å². The van der Waals surface area contributed by atoms with Crippen LogP contribution in [0.25, 0.3) is 0 Å². The van der Waals surface area contributed by atoms with Crippen molar-refractivity contribution in [3.05, 3.63) is 0 Å². The molecule has 0 heterocycles. The van der Waals surface area contributed by atoms with E-state index in [-0.39, 0.29) is 11.8 Å². The normalized spacial score (nSPS) is 12.2. The van der Waals surface area contributed by atoms with E-state index in [1.165, 1.54) is 32.8 Å². The average molecular weight is 284 g/mol. The van der Waals surface area contributed by atoms with Gasteiger partial charge in [0.1, 0.15) is 11.7 Å². The van der Waals surface area contributed by atoms with Gasteiger partial charge in [0.15, 0.2) is 0 Å². The highest BCUT2D eigenvalue weighted by Crippen LogP contribution is 2.17. The maximum Gasteiger partial charge on any atom is 0.316 e. The van der Waals surface area contributed by atoms with Crippen molar-refractivity contribution in [1.29, 1.82) is 0 Å². The molecule has 0 rings (SSSR count). The monoisotopic (exact) mass is 284 g/mol. The minimum atomic E-state index is -0.525. The Morgan fingerprint density at radius 1 is 0.850 bits per heavy atom. The molecule has 0 saturated carbocycles. The second-order valence-corrected chi connectivity index (χ2v) is 5.56. The summed E-state index contributed by atoms with van der Waals surface area (Å²) in [6.45, 7) is 4.33. The van der Waals surface area contributed by atoms with Crippen LogP contribution in [0, 0.1) is 5.92 Å². The van der Waals surface area contributed by atoms with Gasteiger partial charge in [0.2, 0.25) is 0 Å². The number of rotatable bonds is 13. The molecule has 0 aromatic carbocycles. The molecular formula is C17H32O3. The zero-order valence-corrected chi connectivity index (χ0v) is 13.6. The molecule has 3 heteroatoms. The lowest BCUT2D eigenvalue weighted by molar-refractivity contribution is -0.149. The highest BCUT2D eigenvalue weighted by Gasteiger charge is 2.26. The lowest BCUT2D eigenvalue weighted by Crippen LogP contribution is -2.25. The van der Waals surface area contributed by atoms with Gasteiger partial charge in [-0.05, 0) is 12.8 Å². The Kier molecular flexibility index (Phi) is 12.6. The van der Waals surface area contributed by atoms with Crippen molar-refractivity contribution >= 4 is 11.8 Å². The zero-order valence-electron chi connectivity index (χ0n) is 13.6. The van der Waals surface area contributed by atoms with E-state index in [4.69, 9.17) is 4.74 Å². The van der Waals surface area contributed by atoms with Gasteiger partial charge >= 0.3 is 5.97 Å². The third-order valence-corrected chi connectivity index (χ3v) is 3.75. The number of hydrogen-bond donors (Lipinski definition) is 0. The third-order valence-electron chi connectivity index (χ3n) is 3.75. The van der Waals surface area contributed by atoms with E-state index < -0.39 is 5.92 Å². The first kappa shape index (κ1) is 19.1. The van der Waals surface area contributed by atoms with Crippen molar-refractivity contribution < 1.29 is 14.3 Å². The molecule has 0 aromatic rings. The van der Waals surface area contributed by atoms with Gasteiger partial charge in [-0.3, -0.25) is 9.59 Å². The second-order valence-electron chi connectivity index (χ2n) is 5.56. The van der Waals surface area contributed by atoms with Crippen LogP contribution in [0.5, 0.6) is 0 Å². The molecule has 0 fully saturated rings. The molecule has 0 N–H and O–H groups in total. The zero-order chi connectivity index (χ0) is 15.2. The maximum atomic E-state index is 12.1. The minimum Gasteiger partial charge on any atom is -0.468 e. The van der Waals surface area contributed by atoms with Gasteiger partial charge < -0.3 is 4.74 Å². The van der Waals surface area contributed by atoms with E-state index in [0.717, 1.165) is 32.1 Å². The number of hydrogen-bond acceptors (Lipinski definition) is 3. The fourth-order valence-corrected chi connectivity index (χ4v) is 2.40. The first-order valence-electron chi connectivity index (χ1n) is 8.27. The largest absolute Gasteiger partial charge is 0.468 e. The van der Waals surface area contributed by atoms with Crippen LogP contribution in [-0.4, -0.2) is 18.9 Å². The van der Waals surface area contributed by atoms with Crippen LogP contribution in [0.3, 0.4) is 0 Å². The summed E-state index contributed by atoms with van der Waals surface area (Å²) >= 11 is 0. The van der Waals surface area contributed by atoms with E-state index >= 15 is 0 Å². The molecule has 118 valence electrons. The summed E-state index contributed by atoms with van der Waals surface area (Å²) in [6, 6.07) is 0. The highest BCUT2D eigenvalue weighted by molar-refractivity contribution is 5.98. The van der Waals surface area contributed by atoms with E-state index in [1.54, 1.807) is 0 Å². The van der Waals surface area contributed by atoms with Crippen LogP contribution in [-0.2, 0) is 14.3 Å². The number of carbonyl (C=O) groups excluding carboxylic acids is 2. The van der Waals surface area contributed by atoms with Crippen LogP contribution >= 0.6 is 0 Å². The van der Waals surface area contributed by atoms with E-state index in [0.29, 0.717) is 12.8 Å². The first-order chi connectivity index (χ1) is 9.67. The predicted molar refractivity (Wildman–Crippen MR) is 82.6 cm³/mol. The second kappa shape index (κ2) is 13.1. The van der Waals surface area contributed by atoms with Crippen molar-refractivity contribution in [3.8, 4) is 0 Å². The molecular weight excluding hydrogens is 252 g/mol. The summed E-state index contributed by atoms with van der Waals surface area (Å²) in [5, 5.41) is 0. The van der Waals surface area contributed by atoms with Crippen molar-refractivity contribution in [3.63, 3.8) is 0 Å². The number of Topliss-reactive ketones (excluding diaryl/α,β-unsaturated/α-hetero) is 1. The lowest BCUT2D eigenvalue weighted by Gasteiger charge is -2.13. The van der Waals surface area contributed by atoms with Gasteiger partial charge in [-0.15, -0.1) is 0 Å². The molecule has 0 saturated heterocycles. The highest BCUT2D eigenvalue weighted by atomic mass is 16.5. The molecule has 0 amide bonds. The Morgan fingerprint density at radius 3 is 1.95 bits per heavy atom. The first-order valence-corrected chi connectivity index (χ1v) is 8.27. The fourth-order valence-electron chi connectivity index (χ4n) is 2.40. The quantitative estimate of drug-likeness (QED) is 0.280. The van der Waals surface area contributed by atoms with Gasteiger partial charge in [0.05, 0.1) is 7.11 Å². The molecule has 0 radical (unpaired) electrons. The van der Waals surface area contributed by atoms with Crippen molar-refractivity contribution in [2.75, 3.05) is 7.11 Å². The Bertz CT molecular complexity index is 261. The molecule has 0 aliphatic carbocycles. The molecule has 0 bridgehead atoms. The summed E-state index contributed by atoms with van der Waals surface area (Å²) < 4.78 is 4.78. The smallest absolute Gasteiger partial charge is 0.316 e. The topological polar surface area (TPSA) is 43.4 Å². The van der Waals surface area contributed by atoms with E-state index in [1.807, 2.05) is 0 Å². The lowest BCUT2D eigenvalue weighted by atomic mass is 9.93. The average Bonchev–Trinajstić information content (AvgIpc) is 2.46. The summed E-state index contributed by atoms with van der Waals surface area (Å²) in [6.07, 6.45) is 11.1. The van der Waals surface area contributed by atoms with Crippen molar-refractivity contribution in [1.82, 2.24) is 0 Å². The van der Waals surface area contributed by atoms with E-state index in [2.05, 4.69) is 13.8 Å². The number of esters is 1. The van der Waals surface area contributed by atoms with Crippen LogP contribution in [0.15, 0.2) is 0 Å². The molecule has 1 atom stereocenters. The Hall–Kier alpha value is -0.860. The van der Waals surface area contributed by atoms with E-state index in [9.17, 15) is 9.59 Å². The van der Waals surface area contributed by atoms with Crippen LogP contribution < -0.4 is 0 Å². The van der Waals surface area contributed by atoms with Gasteiger partial charge in [-0.2, -0.15) is 0 Å². The minimum absolute atomic E-state index is 0.0739. The molecule has 0 spiro atoms. The van der Waals surface area contributed by atoms with Gasteiger partial charge in [-0.1, -0.05) is 65.2 Å². The molecule has 0 aromatic heterocycles. The summed E-state index contributed by atoms with van der Waals surface area (Å²) in [5.74, 6) is -0.798. The Balaban J connectivity index is 4.04. The van der Waals surface area contributed by atoms with Crippen LogP contribution in [0.2, 0.25) is 0 Å². The fraction of sp³-hybridized carbons (Fsp3) is 0.882. The summed E-state index contributed by atoms with van der Waals surface area (Å²) in [5.41, 5.74) is 0. The summed E-state index contributed by atoms with van der Waals surface area (Å²) in [4.78, 5) is 23.8. The molecule has 1 unspecified atom stereocenters. The number of ether oxygens (including phenoxy) is 1. The van der Waals surface area contributed by atoms with Gasteiger partial charge in [0, 0.05) is 6.42 Å². The van der Waals surface area contributed by atoms with Gasteiger partial charge in [-0.25, -0.2) is 0 Å². The molecule has 20 heavy (non-hydrogen) atoms. The maximum absolute atomic E-state index is 12.1.